The minimum Gasteiger partial charge on any atom is -0.491 e. The molecule has 0 bridgehead atoms. The van der Waals surface area contributed by atoms with Gasteiger partial charge in [0.05, 0.1) is 24.4 Å². The summed E-state index contributed by atoms with van der Waals surface area (Å²) >= 11 is 0.993. The van der Waals surface area contributed by atoms with Gasteiger partial charge in [0, 0.05) is 5.56 Å². The molecule has 1 heterocycles. The van der Waals surface area contributed by atoms with Crippen LogP contribution >= 0.6 is 11.3 Å². The molecule has 0 aliphatic rings. The normalized spacial score (nSPS) is 10.8. The number of hydrogen-bond acceptors (Lipinski definition) is 7. The third-order valence-corrected chi connectivity index (χ3v) is 5.06. The van der Waals surface area contributed by atoms with E-state index in [2.05, 4.69) is 5.32 Å². The molecule has 0 aliphatic heterocycles. The lowest BCUT2D eigenvalue weighted by Crippen LogP contribution is -2.15. The van der Waals surface area contributed by atoms with E-state index in [9.17, 15) is 14.4 Å². The number of thiophene rings is 1. The number of rotatable bonds is 8. The maximum Gasteiger partial charge on any atom is 0.348 e. The van der Waals surface area contributed by atoms with Crippen LogP contribution in [0.2, 0.25) is 0 Å². The molecule has 0 aliphatic carbocycles. The van der Waals surface area contributed by atoms with Crippen LogP contribution in [0.5, 0.6) is 5.75 Å². The average molecular weight is 434 g/mol. The fourth-order valence-corrected chi connectivity index (χ4v) is 3.72. The zero-order valence-electron chi connectivity index (χ0n) is 18.0. The van der Waals surface area contributed by atoms with Crippen molar-refractivity contribution >= 4 is 34.2 Å². The highest BCUT2D eigenvalue weighted by atomic mass is 32.1. The summed E-state index contributed by atoms with van der Waals surface area (Å²) in [6.45, 7) is 10.8. The van der Waals surface area contributed by atoms with E-state index in [0.29, 0.717) is 16.9 Å². The van der Waals surface area contributed by atoms with Crippen LogP contribution in [0.25, 0.3) is 0 Å². The topological polar surface area (TPSA) is 90.9 Å². The van der Waals surface area contributed by atoms with E-state index < -0.39 is 17.8 Å². The van der Waals surface area contributed by atoms with Crippen molar-refractivity contribution in [3.63, 3.8) is 0 Å². The van der Waals surface area contributed by atoms with Crippen molar-refractivity contribution in [3.05, 3.63) is 45.8 Å². The maximum absolute atomic E-state index is 12.7. The Morgan fingerprint density at radius 2 is 1.63 bits per heavy atom. The van der Waals surface area contributed by atoms with Crippen LogP contribution in [-0.2, 0) is 9.47 Å². The monoisotopic (exact) mass is 433 g/mol. The van der Waals surface area contributed by atoms with Gasteiger partial charge in [-0.05, 0) is 71.4 Å². The largest absolute Gasteiger partial charge is 0.491 e. The van der Waals surface area contributed by atoms with Crippen LogP contribution in [0.4, 0.5) is 5.00 Å². The van der Waals surface area contributed by atoms with Crippen LogP contribution in [0.15, 0.2) is 24.3 Å². The molecule has 2 rings (SSSR count). The second kappa shape index (κ2) is 10.2. The quantitative estimate of drug-likeness (QED) is 0.599. The maximum atomic E-state index is 12.7. The minimum atomic E-state index is -0.606. The molecule has 0 unspecified atom stereocenters. The number of carbonyl (C=O) groups is 3. The van der Waals surface area contributed by atoms with Crippen LogP contribution in [-0.4, -0.2) is 36.7 Å². The van der Waals surface area contributed by atoms with Crippen LogP contribution in [0, 0.1) is 6.92 Å². The molecule has 1 aromatic carbocycles. The van der Waals surface area contributed by atoms with Gasteiger partial charge in [0.1, 0.15) is 15.6 Å². The van der Waals surface area contributed by atoms with Crippen molar-refractivity contribution in [1.29, 1.82) is 0 Å². The highest BCUT2D eigenvalue weighted by Crippen LogP contribution is 2.35. The Morgan fingerprint density at radius 3 is 2.17 bits per heavy atom. The number of carbonyl (C=O) groups excluding carboxylic acids is 3. The summed E-state index contributed by atoms with van der Waals surface area (Å²) in [4.78, 5) is 37.9. The third kappa shape index (κ3) is 5.82. The molecule has 0 saturated heterocycles. The lowest BCUT2D eigenvalue weighted by molar-refractivity contribution is 0.0383. The lowest BCUT2D eigenvalue weighted by Gasteiger charge is -2.10. The van der Waals surface area contributed by atoms with Gasteiger partial charge in [0.25, 0.3) is 5.91 Å². The summed E-state index contributed by atoms with van der Waals surface area (Å²) in [6.07, 6.45) is -0.287. The Labute approximate surface area is 180 Å². The summed E-state index contributed by atoms with van der Waals surface area (Å²) in [5.41, 5.74) is 0.962. The predicted octanol–water partition coefficient (Wildman–Crippen LogP) is 4.84. The standard InChI is InChI=1S/C22H27NO6S/c1-7-27-21(25)17-14(6)18(22(26)29-13(4)5)30-20(17)23-19(24)15-8-10-16(11-9-15)28-12(2)3/h8-13H,7H2,1-6H3,(H,23,24). The van der Waals surface area contributed by atoms with Gasteiger partial charge in [0.15, 0.2) is 0 Å². The average Bonchev–Trinajstić information content (AvgIpc) is 2.97. The molecule has 2 aromatic rings. The van der Waals surface area contributed by atoms with Gasteiger partial charge in [-0.2, -0.15) is 0 Å². The lowest BCUT2D eigenvalue weighted by atomic mass is 10.1. The molecule has 7 nitrogen and oxygen atoms in total. The number of hydrogen-bond donors (Lipinski definition) is 1. The molecule has 0 fully saturated rings. The Kier molecular flexibility index (Phi) is 8.00. The fraction of sp³-hybridized carbons (Fsp3) is 0.409. The van der Waals surface area contributed by atoms with Gasteiger partial charge in [-0.1, -0.05) is 0 Å². The van der Waals surface area contributed by atoms with E-state index in [-0.39, 0.29) is 34.3 Å². The van der Waals surface area contributed by atoms with Crippen molar-refractivity contribution in [1.82, 2.24) is 0 Å². The van der Waals surface area contributed by atoms with Gasteiger partial charge < -0.3 is 19.5 Å². The van der Waals surface area contributed by atoms with Gasteiger partial charge in [-0.25, -0.2) is 9.59 Å². The molecule has 1 amide bonds. The molecule has 162 valence electrons. The van der Waals surface area contributed by atoms with Crippen LogP contribution in [0.3, 0.4) is 0 Å². The van der Waals surface area contributed by atoms with E-state index in [1.54, 1.807) is 52.0 Å². The smallest absolute Gasteiger partial charge is 0.348 e. The van der Waals surface area contributed by atoms with E-state index in [0.717, 1.165) is 11.3 Å². The second-order valence-electron chi connectivity index (χ2n) is 7.08. The summed E-state index contributed by atoms with van der Waals surface area (Å²) in [7, 11) is 0. The van der Waals surface area contributed by atoms with E-state index in [1.165, 1.54) is 0 Å². The minimum absolute atomic E-state index is 0.0231. The molecule has 30 heavy (non-hydrogen) atoms. The summed E-state index contributed by atoms with van der Waals surface area (Å²) < 4.78 is 15.9. The van der Waals surface area contributed by atoms with Gasteiger partial charge in [0.2, 0.25) is 0 Å². The molecule has 0 atom stereocenters. The van der Waals surface area contributed by atoms with Crippen molar-refractivity contribution in [3.8, 4) is 5.75 Å². The Balaban J connectivity index is 2.33. The number of anilines is 1. The molecule has 0 radical (unpaired) electrons. The third-order valence-electron chi connectivity index (χ3n) is 3.87. The van der Waals surface area contributed by atoms with Gasteiger partial charge >= 0.3 is 11.9 Å². The molecular weight excluding hydrogens is 406 g/mol. The molecule has 1 N–H and O–H groups in total. The number of esters is 2. The Morgan fingerprint density at radius 1 is 1.00 bits per heavy atom. The van der Waals surface area contributed by atoms with E-state index >= 15 is 0 Å². The van der Waals surface area contributed by atoms with Crippen molar-refractivity contribution < 1.29 is 28.6 Å². The second-order valence-corrected chi connectivity index (χ2v) is 8.10. The van der Waals surface area contributed by atoms with Crippen molar-refractivity contribution in [2.75, 3.05) is 11.9 Å². The summed E-state index contributed by atoms with van der Waals surface area (Å²) in [6, 6.07) is 6.66. The molecular formula is C22H27NO6S. The first-order valence-electron chi connectivity index (χ1n) is 9.73. The van der Waals surface area contributed by atoms with Crippen molar-refractivity contribution in [2.45, 2.75) is 53.8 Å². The highest BCUT2D eigenvalue weighted by Gasteiger charge is 2.28. The SMILES string of the molecule is CCOC(=O)c1c(NC(=O)c2ccc(OC(C)C)cc2)sc(C(=O)OC(C)C)c1C. The Bertz CT molecular complexity index is 914. The highest BCUT2D eigenvalue weighted by molar-refractivity contribution is 7.18. The first-order chi connectivity index (χ1) is 14.1. The van der Waals surface area contributed by atoms with Crippen LogP contribution in [0.1, 0.15) is 70.6 Å². The zero-order chi connectivity index (χ0) is 22.4. The van der Waals surface area contributed by atoms with Gasteiger partial charge in [-0.3, -0.25) is 4.79 Å². The summed E-state index contributed by atoms with van der Waals surface area (Å²) in [5, 5.41) is 2.97. The van der Waals surface area contributed by atoms with Crippen molar-refractivity contribution in [2.24, 2.45) is 0 Å². The molecule has 8 heteroatoms. The molecule has 0 spiro atoms. The molecule has 1 aromatic heterocycles. The van der Waals surface area contributed by atoms with E-state index in [1.807, 2.05) is 13.8 Å². The first kappa shape index (κ1) is 23.4. The number of nitrogens with one attached hydrogen (secondary N) is 1. The predicted molar refractivity (Wildman–Crippen MR) is 116 cm³/mol. The van der Waals surface area contributed by atoms with E-state index in [4.69, 9.17) is 14.2 Å². The molecule has 0 saturated carbocycles. The summed E-state index contributed by atoms with van der Waals surface area (Å²) in [5.74, 6) is -0.916. The number of amides is 1. The fourth-order valence-electron chi connectivity index (χ4n) is 2.65. The number of benzene rings is 1. The zero-order valence-corrected chi connectivity index (χ0v) is 18.8. The van der Waals surface area contributed by atoms with Gasteiger partial charge in [-0.15, -0.1) is 11.3 Å². The number of ether oxygens (including phenoxy) is 3. The first-order valence-corrected chi connectivity index (χ1v) is 10.5. The Hall–Kier alpha value is -2.87. The van der Waals surface area contributed by atoms with Crippen LogP contribution < -0.4 is 10.1 Å².